The minimum atomic E-state index is -0.922. The number of hydrogen-bond acceptors (Lipinski definition) is 2. The number of fused-ring (bicyclic) bond motifs is 3. The zero-order valence-electron chi connectivity index (χ0n) is 15.5. The van der Waals surface area contributed by atoms with Gasteiger partial charge in [0.1, 0.15) is 0 Å². The second-order valence-electron chi connectivity index (χ2n) is 8.28. The predicted molar refractivity (Wildman–Crippen MR) is 101 cm³/mol. The molecule has 0 saturated heterocycles. The van der Waals surface area contributed by atoms with Gasteiger partial charge in [0.25, 0.3) is 0 Å². The van der Waals surface area contributed by atoms with Gasteiger partial charge in [0.2, 0.25) is 0 Å². The van der Waals surface area contributed by atoms with Gasteiger partial charge < -0.3 is 9.76 Å². The van der Waals surface area contributed by atoms with Gasteiger partial charge in [-0.25, -0.2) is 0 Å². The molecule has 24 heavy (non-hydrogen) atoms. The van der Waals surface area contributed by atoms with Crippen molar-refractivity contribution in [2.45, 2.75) is 58.2 Å². The number of benzene rings is 2. The molecule has 1 N–H and O–H groups in total. The summed E-state index contributed by atoms with van der Waals surface area (Å²) in [4.78, 5) is 0. The van der Waals surface area contributed by atoms with Gasteiger partial charge in [-0.15, -0.1) is 0 Å². The number of hydrogen-bond donors (Lipinski definition) is 1. The fourth-order valence-electron chi connectivity index (χ4n) is 3.17. The Balaban J connectivity index is 1.92. The lowest BCUT2D eigenvalue weighted by atomic mass is 9.79. The van der Waals surface area contributed by atoms with Crippen LogP contribution in [0.3, 0.4) is 0 Å². The lowest BCUT2D eigenvalue weighted by molar-refractivity contribution is -0.0893. The van der Waals surface area contributed by atoms with E-state index in [2.05, 4.69) is 56.3 Å². The summed E-state index contributed by atoms with van der Waals surface area (Å²) in [5.74, 6) is 0. The van der Waals surface area contributed by atoms with Crippen molar-refractivity contribution in [2.24, 2.45) is 0 Å². The summed E-state index contributed by atoms with van der Waals surface area (Å²) in [5, 5.41) is 10.2. The van der Waals surface area contributed by atoms with E-state index < -0.39 is 11.2 Å². The van der Waals surface area contributed by atoms with E-state index in [1.807, 2.05) is 13.8 Å². The van der Waals surface area contributed by atoms with Gasteiger partial charge in [-0.2, -0.15) is 0 Å². The highest BCUT2D eigenvalue weighted by atomic mass is 16.5. The van der Waals surface area contributed by atoms with Crippen molar-refractivity contribution in [2.75, 3.05) is 0 Å². The zero-order chi connectivity index (χ0) is 17.8. The molecule has 1 aliphatic rings. The van der Waals surface area contributed by atoms with Gasteiger partial charge in [-0.05, 0) is 49.9 Å². The van der Waals surface area contributed by atoms with E-state index in [0.29, 0.717) is 0 Å². The molecule has 0 bridgehead atoms. The Labute approximate surface area is 146 Å². The summed E-state index contributed by atoms with van der Waals surface area (Å²) in [6, 6.07) is 15.1. The molecule has 2 aromatic rings. The van der Waals surface area contributed by atoms with Crippen molar-refractivity contribution in [1.82, 2.24) is 0 Å². The van der Waals surface area contributed by atoms with Crippen LogP contribution in [0.15, 0.2) is 42.5 Å². The molecule has 0 atom stereocenters. The third-order valence-corrected chi connectivity index (χ3v) is 5.57. The Hall–Kier alpha value is -1.58. The smallest absolute Gasteiger partial charge is 0.330 e. The van der Waals surface area contributed by atoms with Crippen LogP contribution in [0.1, 0.15) is 52.7 Å². The van der Waals surface area contributed by atoms with Crippen LogP contribution >= 0.6 is 0 Å². The Kier molecular flexibility index (Phi) is 3.93. The molecule has 0 unspecified atom stereocenters. The first-order valence-corrected chi connectivity index (χ1v) is 8.52. The molecule has 0 aromatic heterocycles. The molecular formula is C21H26BO2. The fraction of sp³-hybridized carbons (Fsp3) is 0.429. The second kappa shape index (κ2) is 5.47. The lowest BCUT2D eigenvalue weighted by Gasteiger charge is -2.37. The molecular weight excluding hydrogens is 295 g/mol. The first kappa shape index (κ1) is 17.3. The first-order chi connectivity index (χ1) is 11.0. The molecule has 0 amide bonds. The van der Waals surface area contributed by atoms with E-state index in [4.69, 9.17) is 4.65 Å². The van der Waals surface area contributed by atoms with Crippen LogP contribution in [0.5, 0.6) is 0 Å². The van der Waals surface area contributed by atoms with Gasteiger partial charge >= 0.3 is 7.48 Å². The molecule has 0 saturated carbocycles. The van der Waals surface area contributed by atoms with Gasteiger partial charge in [-0.3, -0.25) is 0 Å². The Morgan fingerprint density at radius 1 is 0.917 bits per heavy atom. The van der Waals surface area contributed by atoms with Gasteiger partial charge in [0.15, 0.2) is 0 Å². The van der Waals surface area contributed by atoms with E-state index in [9.17, 15) is 5.11 Å². The minimum Gasteiger partial charge on any atom is -0.427 e. The molecule has 3 heteroatoms. The SMILES string of the molecule is CC1(C)c2ccccc2-c2cc([B]OC(C)(C)C(C)(C)O)ccc21. The summed E-state index contributed by atoms with van der Waals surface area (Å²) < 4.78 is 5.90. The molecule has 0 aliphatic heterocycles. The van der Waals surface area contributed by atoms with Crippen LogP contribution in [-0.2, 0) is 10.1 Å². The maximum Gasteiger partial charge on any atom is 0.330 e. The monoisotopic (exact) mass is 321 g/mol. The van der Waals surface area contributed by atoms with E-state index in [1.54, 1.807) is 21.3 Å². The topological polar surface area (TPSA) is 29.5 Å². The van der Waals surface area contributed by atoms with E-state index in [1.165, 1.54) is 22.3 Å². The average molecular weight is 321 g/mol. The van der Waals surface area contributed by atoms with Crippen LogP contribution in [0.25, 0.3) is 11.1 Å². The lowest BCUT2D eigenvalue weighted by Crippen LogP contribution is -2.49. The average Bonchev–Trinajstić information content (AvgIpc) is 2.73. The molecule has 0 spiro atoms. The van der Waals surface area contributed by atoms with E-state index in [-0.39, 0.29) is 5.41 Å². The summed E-state index contributed by atoms with van der Waals surface area (Å²) in [5.41, 5.74) is 4.75. The van der Waals surface area contributed by atoms with Crippen molar-refractivity contribution in [3.05, 3.63) is 53.6 Å². The van der Waals surface area contributed by atoms with E-state index >= 15 is 0 Å². The summed E-state index contributed by atoms with van der Waals surface area (Å²) >= 11 is 0. The highest BCUT2D eigenvalue weighted by molar-refractivity contribution is 6.47. The van der Waals surface area contributed by atoms with Crippen molar-refractivity contribution in [1.29, 1.82) is 0 Å². The van der Waals surface area contributed by atoms with Crippen LogP contribution < -0.4 is 5.46 Å². The molecule has 125 valence electrons. The Morgan fingerprint density at radius 3 is 2.21 bits per heavy atom. The number of rotatable bonds is 4. The molecule has 3 rings (SSSR count). The minimum absolute atomic E-state index is 0.0255. The third kappa shape index (κ3) is 2.70. The van der Waals surface area contributed by atoms with Gasteiger partial charge in [0.05, 0.1) is 11.2 Å². The third-order valence-electron chi connectivity index (χ3n) is 5.57. The van der Waals surface area contributed by atoms with Crippen LogP contribution in [0.2, 0.25) is 0 Å². The summed E-state index contributed by atoms with van der Waals surface area (Å²) in [7, 11) is 1.76. The largest absolute Gasteiger partial charge is 0.427 e. The van der Waals surface area contributed by atoms with Gasteiger partial charge in [-0.1, -0.05) is 61.8 Å². The maximum atomic E-state index is 10.2. The van der Waals surface area contributed by atoms with E-state index in [0.717, 1.165) is 5.46 Å². The quantitative estimate of drug-likeness (QED) is 0.868. The van der Waals surface area contributed by atoms with Crippen molar-refractivity contribution >= 4 is 12.9 Å². The van der Waals surface area contributed by atoms with Crippen LogP contribution in [0, 0.1) is 0 Å². The van der Waals surface area contributed by atoms with Crippen molar-refractivity contribution < 1.29 is 9.76 Å². The Morgan fingerprint density at radius 2 is 1.54 bits per heavy atom. The van der Waals surface area contributed by atoms with Crippen LogP contribution in [0.4, 0.5) is 0 Å². The maximum absolute atomic E-state index is 10.2. The molecule has 0 fully saturated rings. The Bertz CT molecular complexity index is 770. The van der Waals surface area contributed by atoms with Gasteiger partial charge in [0, 0.05) is 5.41 Å². The summed E-state index contributed by atoms with van der Waals surface area (Å²) in [6.07, 6.45) is 0. The highest BCUT2D eigenvalue weighted by Crippen LogP contribution is 2.47. The molecule has 2 aromatic carbocycles. The standard InChI is InChI=1S/C21H26BO2/c1-19(2)17-10-8-7-9-15(17)16-13-14(11-12-18(16)19)22-24-21(5,6)20(3,4)23/h7-13,23H,1-6H3. The zero-order valence-corrected chi connectivity index (χ0v) is 15.5. The summed E-state index contributed by atoms with van der Waals surface area (Å²) in [6.45, 7) is 11.9. The fourth-order valence-corrected chi connectivity index (χ4v) is 3.17. The first-order valence-electron chi connectivity index (χ1n) is 8.52. The predicted octanol–water partition coefficient (Wildman–Crippen LogP) is 3.80. The second-order valence-corrected chi connectivity index (χ2v) is 8.28. The van der Waals surface area contributed by atoms with Crippen molar-refractivity contribution in [3.63, 3.8) is 0 Å². The number of aliphatic hydroxyl groups is 1. The molecule has 1 aliphatic carbocycles. The van der Waals surface area contributed by atoms with Crippen LogP contribution in [-0.4, -0.2) is 23.8 Å². The molecule has 1 radical (unpaired) electrons. The highest BCUT2D eigenvalue weighted by Gasteiger charge is 2.37. The van der Waals surface area contributed by atoms with Crippen molar-refractivity contribution in [3.8, 4) is 11.1 Å². The molecule has 2 nitrogen and oxygen atoms in total. The normalized spacial score (nSPS) is 15.8. The molecule has 0 heterocycles.